The summed E-state index contributed by atoms with van der Waals surface area (Å²) in [6.07, 6.45) is 0. The molecular formula is C23H16FN3O4. The van der Waals surface area contributed by atoms with Gasteiger partial charge >= 0.3 is 0 Å². The first-order valence-electron chi connectivity index (χ1n) is 9.53. The van der Waals surface area contributed by atoms with Gasteiger partial charge in [-0.3, -0.25) is 4.79 Å². The first-order chi connectivity index (χ1) is 15.2. The lowest BCUT2D eigenvalue weighted by Crippen LogP contribution is -2.30. The molecule has 1 aromatic heterocycles. The van der Waals surface area contributed by atoms with E-state index in [4.69, 9.17) is 13.9 Å². The molecule has 1 amide bonds. The van der Waals surface area contributed by atoms with Crippen LogP contribution in [0.15, 0.2) is 77.2 Å². The van der Waals surface area contributed by atoms with Gasteiger partial charge in [-0.1, -0.05) is 36.4 Å². The van der Waals surface area contributed by atoms with Crippen molar-refractivity contribution in [3.05, 3.63) is 95.6 Å². The normalized spacial score (nSPS) is 13.1. The fourth-order valence-electron chi connectivity index (χ4n) is 3.28. The summed E-state index contributed by atoms with van der Waals surface area (Å²) in [5.41, 5.74) is 1.25. The van der Waals surface area contributed by atoms with Gasteiger partial charge in [-0.2, -0.15) is 0 Å². The van der Waals surface area contributed by atoms with E-state index in [1.165, 1.54) is 6.07 Å². The van der Waals surface area contributed by atoms with Crippen LogP contribution < -0.4 is 14.8 Å². The Bertz CT molecular complexity index is 1240. The summed E-state index contributed by atoms with van der Waals surface area (Å²) in [5, 5.41) is 10.9. The average Bonchev–Trinajstić information content (AvgIpc) is 3.48. The Morgan fingerprint density at radius 2 is 1.71 bits per heavy atom. The number of halogens is 1. The van der Waals surface area contributed by atoms with Gasteiger partial charge < -0.3 is 19.2 Å². The highest BCUT2D eigenvalue weighted by molar-refractivity contribution is 5.95. The Morgan fingerprint density at radius 3 is 2.55 bits per heavy atom. The molecule has 1 atom stereocenters. The number of nitrogens with one attached hydrogen (secondary N) is 1. The van der Waals surface area contributed by atoms with Crippen molar-refractivity contribution in [2.45, 2.75) is 6.04 Å². The standard InChI is InChI=1S/C23H16FN3O4/c24-17-9-5-4-8-16(17)20(23-27-26-22(31-23)14-6-2-1-3-7-14)25-21(28)15-10-11-18-19(12-15)30-13-29-18/h1-12,20H,13H2,(H,25,28)/t20-/m0/s1. The van der Waals surface area contributed by atoms with Crippen LogP contribution in [0.1, 0.15) is 27.9 Å². The smallest absolute Gasteiger partial charge is 0.252 e. The van der Waals surface area contributed by atoms with Gasteiger partial charge in [-0.15, -0.1) is 10.2 Å². The molecular weight excluding hydrogens is 401 g/mol. The maximum atomic E-state index is 14.6. The van der Waals surface area contributed by atoms with Crippen molar-refractivity contribution >= 4 is 5.91 Å². The van der Waals surface area contributed by atoms with Crippen molar-refractivity contribution < 1.29 is 23.1 Å². The van der Waals surface area contributed by atoms with Gasteiger partial charge in [0.15, 0.2) is 11.5 Å². The minimum Gasteiger partial charge on any atom is -0.454 e. The van der Waals surface area contributed by atoms with Gasteiger partial charge in [-0.25, -0.2) is 4.39 Å². The van der Waals surface area contributed by atoms with Gasteiger partial charge in [0, 0.05) is 16.7 Å². The molecule has 0 radical (unpaired) electrons. The van der Waals surface area contributed by atoms with Crippen LogP contribution in [0.25, 0.3) is 11.5 Å². The molecule has 154 valence electrons. The van der Waals surface area contributed by atoms with E-state index in [0.717, 1.165) is 5.56 Å². The molecule has 1 aliphatic rings. The predicted molar refractivity (Wildman–Crippen MR) is 108 cm³/mol. The van der Waals surface area contributed by atoms with E-state index in [9.17, 15) is 9.18 Å². The summed E-state index contributed by atoms with van der Waals surface area (Å²) in [7, 11) is 0. The molecule has 0 spiro atoms. The third-order valence-corrected chi connectivity index (χ3v) is 4.83. The van der Waals surface area contributed by atoms with Crippen LogP contribution in [0.5, 0.6) is 11.5 Å². The molecule has 0 aliphatic carbocycles. The Hall–Kier alpha value is -4.20. The Morgan fingerprint density at radius 1 is 0.935 bits per heavy atom. The molecule has 2 heterocycles. The van der Waals surface area contributed by atoms with Crippen molar-refractivity contribution in [1.82, 2.24) is 15.5 Å². The van der Waals surface area contributed by atoms with Crippen LogP contribution in [-0.2, 0) is 0 Å². The zero-order valence-electron chi connectivity index (χ0n) is 16.1. The SMILES string of the molecule is O=C(N[C@H](c1nnc(-c2ccccc2)o1)c1ccccc1F)c1ccc2c(c1)OCO2. The van der Waals surface area contributed by atoms with Crippen molar-refractivity contribution in [3.63, 3.8) is 0 Å². The fourth-order valence-corrected chi connectivity index (χ4v) is 3.28. The number of benzene rings is 3. The van der Waals surface area contributed by atoms with Crippen LogP contribution in [0.3, 0.4) is 0 Å². The van der Waals surface area contributed by atoms with Gasteiger partial charge in [0.25, 0.3) is 5.91 Å². The number of carbonyl (C=O) groups is 1. The number of hydrogen-bond acceptors (Lipinski definition) is 6. The molecule has 31 heavy (non-hydrogen) atoms. The Balaban J connectivity index is 1.49. The van der Waals surface area contributed by atoms with Crippen LogP contribution in [-0.4, -0.2) is 22.9 Å². The summed E-state index contributed by atoms with van der Waals surface area (Å²) < 4.78 is 31.0. The summed E-state index contributed by atoms with van der Waals surface area (Å²) in [4.78, 5) is 13.0. The summed E-state index contributed by atoms with van der Waals surface area (Å²) >= 11 is 0. The lowest BCUT2D eigenvalue weighted by atomic mass is 10.1. The molecule has 0 bridgehead atoms. The van der Waals surface area contributed by atoms with Gasteiger partial charge in [-0.05, 0) is 36.4 Å². The molecule has 1 N–H and O–H groups in total. The maximum absolute atomic E-state index is 14.6. The van der Waals surface area contributed by atoms with Crippen molar-refractivity contribution in [3.8, 4) is 23.0 Å². The van der Waals surface area contributed by atoms with Crippen molar-refractivity contribution in [1.29, 1.82) is 0 Å². The van der Waals surface area contributed by atoms with E-state index < -0.39 is 17.8 Å². The second-order valence-corrected chi connectivity index (χ2v) is 6.81. The lowest BCUT2D eigenvalue weighted by Gasteiger charge is -2.16. The van der Waals surface area contributed by atoms with Crippen molar-refractivity contribution in [2.75, 3.05) is 6.79 Å². The van der Waals surface area contributed by atoms with E-state index in [1.807, 2.05) is 30.3 Å². The average molecular weight is 417 g/mol. The van der Waals surface area contributed by atoms with Crippen LogP contribution in [0.2, 0.25) is 0 Å². The van der Waals surface area contributed by atoms with E-state index in [1.54, 1.807) is 36.4 Å². The van der Waals surface area contributed by atoms with E-state index >= 15 is 0 Å². The topological polar surface area (TPSA) is 86.5 Å². The summed E-state index contributed by atoms with van der Waals surface area (Å²) in [6.45, 7) is 0.0997. The monoisotopic (exact) mass is 417 g/mol. The van der Waals surface area contributed by atoms with Crippen LogP contribution in [0, 0.1) is 5.82 Å². The molecule has 4 aromatic rings. The zero-order valence-corrected chi connectivity index (χ0v) is 16.1. The van der Waals surface area contributed by atoms with Gasteiger partial charge in [0.2, 0.25) is 18.6 Å². The quantitative estimate of drug-likeness (QED) is 0.526. The summed E-state index contributed by atoms with van der Waals surface area (Å²) in [5.74, 6) is 0.419. The van der Waals surface area contributed by atoms with E-state index in [-0.39, 0.29) is 24.1 Å². The molecule has 7 nitrogen and oxygen atoms in total. The third-order valence-electron chi connectivity index (χ3n) is 4.83. The Kier molecular flexibility index (Phi) is 4.80. The number of rotatable bonds is 5. The number of ether oxygens (including phenoxy) is 2. The highest BCUT2D eigenvalue weighted by atomic mass is 19.1. The maximum Gasteiger partial charge on any atom is 0.252 e. The molecule has 0 fully saturated rings. The largest absolute Gasteiger partial charge is 0.454 e. The third kappa shape index (κ3) is 3.71. The Labute approximate surface area is 176 Å². The molecule has 3 aromatic carbocycles. The molecule has 1 aliphatic heterocycles. The second kappa shape index (κ2) is 7.91. The molecule has 8 heteroatoms. The lowest BCUT2D eigenvalue weighted by molar-refractivity contribution is 0.0937. The number of aromatic nitrogens is 2. The number of carbonyl (C=O) groups excluding carboxylic acids is 1. The number of nitrogens with zero attached hydrogens (tertiary/aromatic N) is 2. The number of hydrogen-bond donors (Lipinski definition) is 1. The van der Waals surface area contributed by atoms with Gasteiger partial charge in [0.1, 0.15) is 11.9 Å². The fraction of sp³-hybridized carbons (Fsp3) is 0.0870. The van der Waals surface area contributed by atoms with Crippen molar-refractivity contribution in [2.24, 2.45) is 0 Å². The zero-order chi connectivity index (χ0) is 21.2. The van der Waals surface area contributed by atoms with Gasteiger partial charge in [0.05, 0.1) is 0 Å². The number of fused-ring (bicyclic) bond motifs is 1. The van der Waals surface area contributed by atoms with Crippen LogP contribution in [0.4, 0.5) is 4.39 Å². The molecule has 5 rings (SSSR count). The molecule has 0 saturated heterocycles. The second-order valence-electron chi connectivity index (χ2n) is 6.81. The highest BCUT2D eigenvalue weighted by Gasteiger charge is 2.27. The molecule has 0 saturated carbocycles. The van der Waals surface area contributed by atoms with Crippen LogP contribution >= 0.6 is 0 Å². The van der Waals surface area contributed by atoms with E-state index in [0.29, 0.717) is 17.1 Å². The minimum atomic E-state index is -0.982. The predicted octanol–water partition coefficient (Wildman–Crippen LogP) is 4.12. The molecule has 0 unspecified atom stereocenters. The first kappa shape index (κ1) is 18.8. The first-order valence-corrected chi connectivity index (χ1v) is 9.53. The number of amides is 1. The highest BCUT2D eigenvalue weighted by Crippen LogP contribution is 2.33. The summed E-state index contributed by atoms with van der Waals surface area (Å²) in [6, 6.07) is 19.1. The van der Waals surface area contributed by atoms with E-state index in [2.05, 4.69) is 15.5 Å². The minimum absolute atomic E-state index is 0.0676.